The molecule has 0 saturated heterocycles. The van der Waals surface area contributed by atoms with Crippen LogP contribution in [0.15, 0.2) is 109 Å². The van der Waals surface area contributed by atoms with Crippen molar-refractivity contribution < 1.29 is 25.3 Å². The van der Waals surface area contributed by atoms with Gasteiger partial charge in [0.05, 0.1) is 11.5 Å². The molecule has 0 atom stereocenters. The number of benzene rings is 6. The number of aromatic hydroxyl groups is 3. The number of para-hydroxylation sites is 1. The molecule has 6 rings (SSSR count). The summed E-state index contributed by atoms with van der Waals surface area (Å²) >= 11 is 5.74. The summed E-state index contributed by atoms with van der Waals surface area (Å²) in [6.45, 7) is 14.4. The highest BCUT2D eigenvalue weighted by atomic mass is 35.5. The second-order valence-electron chi connectivity index (χ2n) is 14.4. The Kier molecular flexibility index (Phi) is 28.2. The second kappa shape index (κ2) is 31.1. The van der Waals surface area contributed by atoms with E-state index in [1.165, 1.54) is 34.4 Å². The van der Waals surface area contributed by atoms with Gasteiger partial charge in [0.25, 0.3) is 5.69 Å². The number of aliphatic hydroxyl groups excluding tert-OH is 1. The minimum atomic E-state index is -0.508. The number of non-ortho nitro benzene ring substituents is 1. The van der Waals surface area contributed by atoms with Gasteiger partial charge in [0.2, 0.25) is 0 Å². The smallest absolute Gasteiger partial charge is 0.270 e. The van der Waals surface area contributed by atoms with Gasteiger partial charge < -0.3 is 54.8 Å². The van der Waals surface area contributed by atoms with Gasteiger partial charge in [-0.05, 0) is 127 Å². The summed E-state index contributed by atoms with van der Waals surface area (Å²) in [6.07, 6.45) is 0. The average Bonchev–Trinajstić information content (AvgIpc) is 3.28. The molecular weight excluding hydrogens is 830 g/mol. The van der Waals surface area contributed by atoms with E-state index in [-0.39, 0.29) is 37.8 Å². The summed E-state index contributed by atoms with van der Waals surface area (Å²) < 4.78 is 0. The highest BCUT2D eigenvalue weighted by molar-refractivity contribution is 6.30. The predicted octanol–water partition coefficient (Wildman–Crippen LogP) is 8.53. The van der Waals surface area contributed by atoms with Gasteiger partial charge in [-0.1, -0.05) is 91.8 Å². The van der Waals surface area contributed by atoms with E-state index in [2.05, 4.69) is 19.1 Å². The Morgan fingerprint density at radius 3 is 1.38 bits per heavy atom. The largest absolute Gasteiger partial charge is 0.508 e. The number of nitro groups is 1. The summed E-state index contributed by atoms with van der Waals surface area (Å²) in [7, 11) is 0. The van der Waals surface area contributed by atoms with Crippen molar-refractivity contribution in [3.05, 3.63) is 197 Å². The molecule has 0 unspecified atom stereocenters. The van der Waals surface area contributed by atoms with Crippen LogP contribution in [0, 0.1) is 51.7 Å². The van der Waals surface area contributed by atoms with Crippen LogP contribution < -0.4 is 34.4 Å². The zero-order valence-corrected chi connectivity index (χ0v) is 38.0. The quantitative estimate of drug-likeness (QED) is 0.0508. The molecule has 0 heterocycles. The lowest BCUT2D eigenvalue weighted by Gasteiger charge is -2.04. The van der Waals surface area contributed by atoms with Crippen molar-refractivity contribution in [3.63, 3.8) is 0 Å². The van der Waals surface area contributed by atoms with Crippen LogP contribution in [0.1, 0.15) is 79.8 Å². The van der Waals surface area contributed by atoms with Crippen molar-refractivity contribution >= 4 is 17.3 Å². The van der Waals surface area contributed by atoms with Crippen molar-refractivity contribution in [2.75, 3.05) is 0 Å². The first-order valence-electron chi connectivity index (χ1n) is 20.1. The summed E-state index contributed by atoms with van der Waals surface area (Å²) in [4.78, 5) is 9.91. The lowest BCUT2D eigenvalue weighted by atomic mass is 10.1. The molecule has 0 aliphatic heterocycles. The number of rotatable bonds is 8. The molecule has 0 amide bonds. The van der Waals surface area contributed by atoms with Crippen LogP contribution >= 0.6 is 11.6 Å². The number of hydrogen-bond donors (Lipinski definition) is 10. The first-order chi connectivity index (χ1) is 29.9. The Labute approximate surface area is 384 Å². The molecule has 0 spiro atoms. The van der Waals surface area contributed by atoms with Crippen molar-refractivity contribution in [3.8, 4) is 17.2 Å². The first-order valence-corrected chi connectivity index (χ1v) is 20.5. The zero-order chi connectivity index (χ0) is 47.6. The van der Waals surface area contributed by atoms with Crippen LogP contribution in [-0.2, 0) is 45.9 Å². The minimum absolute atomic E-state index is 0. The lowest BCUT2D eigenvalue weighted by molar-refractivity contribution is -0.385. The standard InChI is InChI=1S/C9H13NO.C8H10ClN.C8H10N2O3.2C8H11NO.C8H11N.CH4/c1-7-2-3-8(6-11)4-9(7)5-10;1-6-2-3-8(9)4-7(6)5-10;1-5-2-7(10(12)13)3-6(4-9)8(5)11;1-6-2-3-8(10)4-7(6)5-9;1-6-3-2-4-7(5-9)8(6)10;1-7-4-2-3-5-8(7)6-9;/h2-4,11H,5-6,10H2,1H3;2-4H,5,10H2,1H3;2-3,11H,4,9H2,1H3;2*2-4,10H,5,9H2,1H3;2-5H,6,9H2,1H3;1H4. The van der Waals surface area contributed by atoms with Gasteiger partial charge in [0.15, 0.2) is 0 Å². The SMILES string of the molecule is C.Cc1cc([N+](=O)[O-])cc(CN)c1O.Cc1ccc(CO)cc1CN.Cc1ccc(Cl)cc1CN.Cc1ccc(O)cc1CN.Cc1cccc(CN)c1O.Cc1ccccc1CN. The molecule has 0 saturated carbocycles. The van der Waals surface area contributed by atoms with Crippen LogP contribution in [0.2, 0.25) is 5.02 Å². The summed E-state index contributed by atoms with van der Waals surface area (Å²) in [5.41, 5.74) is 45.2. The maximum Gasteiger partial charge on any atom is 0.270 e. The Bertz CT molecular complexity index is 2270. The summed E-state index contributed by atoms with van der Waals surface area (Å²) in [5.74, 6) is 0.643. The third-order valence-electron chi connectivity index (χ3n) is 9.72. The summed E-state index contributed by atoms with van der Waals surface area (Å²) in [6, 6.07) is 33.1. The number of hydrogen-bond acceptors (Lipinski definition) is 12. The van der Waals surface area contributed by atoms with E-state index in [9.17, 15) is 20.3 Å². The van der Waals surface area contributed by atoms with Crippen LogP contribution in [0.5, 0.6) is 17.2 Å². The number of nitrogens with two attached hydrogens (primary N) is 6. The molecular formula is C50H70ClN7O6. The Balaban J connectivity index is 0.000000744. The highest BCUT2D eigenvalue weighted by Crippen LogP contribution is 2.27. The topological polar surface area (TPSA) is 280 Å². The molecule has 0 radical (unpaired) electrons. The predicted molar refractivity (Wildman–Crippen MR) is 264 cm³/mol. The van der Waals surface area contributed by atoms with E-state index >= 15 is 0 Å². The lowest BCUT2D eigenvalue weighted by Crippen LogP contribution is -2.00. The van der Waals surface area contributed by atoms with Crippen LogP contribution in [0.3, 0.4) is 0 Å². The Morgan fingerprint density at radius 2 is 0.922 bits per heavy atom. The summed E-state index contributed by atoms with van der Waals surface area (Å²) in [5, 5.41) is 47.7. The van der Waals surface area contributed by atoms with Gasteiger partial charge in [-0.2, -0.15) is 0 Å². The fraction of sp³-hybridized carbons (Fsp3) is 0.280. The van der Waals surface area contributed by atoms with Crippen molar-refractivity contribution in [1.82, 2.24) is 0 Å². The van der Waals surface area contributed by atoms with E-state index < -0.39 is 4.92 Å². The third-order valence-corrected chi connectivity index (χ3v) is 9.95. The number of phenolic OH excluding ortho intramolecular Hbond substituents is 3. The van der Waals surface area contributed by atoms with Crippen molar-refractivity contribution in [2.45, 2.75) is 94.8 Å². The molecule has 6 aromatic carbocycles. The van der Waals surface area contributed by atoms with E-state index in [0.717, 1.165) is 44.0 Å². The number of nitro benzene ring substituents is 1. The molecule has 0 aliphatic carbocycles. The normalized spacial score (nSPS) is 9.72. The third kappa shape index (κ3) is 20.1. The van der Waals surface area contributed by atoms with Crippen molar-refractivity contribution in [2.24, 2.45) is 34.4 Å². The number of nitrogens with zero attached hydrogens (tertiary/aromatic N) is 1. The molecule has 6 aromatic rings. The fourth-order valence-electron chi connectivity index (χ4n) is 5.60. The van der Waals surface area contributed by atoms with E-state index in [1.54, 1.807) is 19.1 Å². The maximum absolute atomic E-state index is 10.4. The zero-order valence-electron chi connectivity index (χ0n) is 37.2. The van der Waals surface area contributed by atoms with E-state index in [4.69, 9.17) is 56.2 Å². The van der Waals surface area contributed by atoms with E-state index in [0.29, 0.717) is 49.6 Å². The molecule has 0 aliphatic rings. The molecule has 16 N–H and O–H groups in total. The maximum atomic E-state index is 10.4. The molecule has 0 bridgehead atoms. The molecule has 14 heteroatoms. The van der Waals surface area contributed by atoms with Crippen LogP contribution in [0.4, 0.5) is 5.69 Å². The Hall–Kier alpha value is -5.87. The minimum Gasteiger partial charge on any atom is -0.508 e. The molecule has 0 aromatic heterocycles. The molecule has 0 fully saturated rings. The number of halogens is 1. The van der Waals surface area contributed by atoms with Crippen LogP contribution in [-0.4, -0.2) is 25.3 Å². The number of aliphatic hydroxyl groups is 1. The van der Waals surface area contributed by atoms with Gasteiger partial charge >= 0.3 is 0 Å². The van der Waals surface area contributed by atoms with Gasteiger partial charge in [-0.15, -0.1) is 0 Å². The van der Waals surface area contributed by atoms with Gasteiger partial charge in [0, 0.05) is 67.6 Å². The van der Waals surface area contributed by atoms with Gasteiger partial charge in [0.1, 0.15) is 17.2 Å². The Morgan fingerprint density at radius 1 is 0.484 bits per heavy atom. The highest BCUT2D eigenvalue weighted by Gasteiger charge is 2.12. The number of aryl methyl sites for hydroxylation is 6. The van der Waals surface area contributed by atoms with Gasteiger partial charge in [-0.3, -0.25) is 10.1 Å². The van der Waals surface area contributed by atoms with Crippen molar-refractivity contribution in [1.29, 1.82) is 0 Å². The molecule has 13 nitrogen and oxygen atoms in total. The fourth-order valence-corrected chi connectivity index (χ4v) is 5.79. The number of phenols is 3. The monoisotopic (exact) mass is 900 g/mol. The molecule has 64 heavy (non-hydrogen) atoms. The average molecular weight is 901 g/mol. The molecule has 348 valence electrons. The van der Waals surface area contributed by atoms with Gasteiger partial charge in [-0.25, -0.2) is 0 Å². The van der Waals surface area contributed by atoms with E-state index in [1.807, 2.05) is 100 Å². The second-order valence-corrected chi connectivity index (χ2v) is 14.8. The first kappa shape index (κ1) is 58.1. The van der Waals surface area contributed by atoms with Crippen LogP contribution in [0.25, 0.3) is 0 Å².